The van der Waals surface area contributed by atoms with E-state index in [0.29, 0.717) is 11.6 Å². The predicted molar refractivity (Wildman–Crippen MR) is 85.6 cm³/mol. The van der Waals surface area contributed by atoms with Crippen LogP contribution in [0, 0.1) is 10.1 Å². The van der Waals surface area contributed by atoms with Gasteiger partial charge in [0.15, 0.2) is 0 Å². The number of hydrogen-bond donors (Lipinski definition) is 0. The van der Waals surface area contributed by atoms with Crippen LogP contribution in [0.2, 0.25) is 0 Å². The fraction of sp³-hybridized carbons (Fsp3) is 0.500. The van der Waals surface area contributed by atoms with E-state index >= 15 is 0 Å². The first-order chi connectivity index (χ1) is 11.2. The summed E-state index contributed by atoms with van der Waals surface area (Å²) in [6.45, 7) is 2.62. The van der Waals surface area contributed by atoms with Gasteiger partial charge in [0.25, 0.3) is 5.69 Å². The maximum absolute atomic E-state index is 11.3. The van der Waals surface area contributed by atoms with Gasteiger partial charge in [-0.1, -0.05) is 12.1 Å². The third-order valence-electron chi connectivity index (χ3n) is 4.84. The highest BCUT2D eigenvalue weighted by molar-refractivity contribution is 5.63. The van der Waals surface area contributed by atoms with Gasteiger partial charge < -0.3 is 9.47 Å². The number of rotatable bonds is 3. The second kappa shape index (κ2) is 5.64. The van der Waals surface area contributed by atoms with Gasteiger partial charge in [0.1, 0.15) is 17.3 Å². The minimum Gasteiger partial charge on any atom is -0.365 e. The molecule has 4 rings (SSSR count). The van der Waals surface area contributed by atoms with Gasteiger partial charge in [-0.25, -0.2) is 0 Å². The Hall–Kier alpha value is -2.44. The second-order valence-corrected chi connectivity index (χ2v) is 6.26. The molecule has 2 aliphatic rings. The van der Waals surface area contributed by atoms with Gasteiger partial charge in [0.05, 0.1) is 4.92 Å². The summed E-state index contributed by atoms with van der Waals surface area (Å²) in [6, 6.07) is 7.00. The largest absolute Gasteiger partial charge is 0.365 e. The second-order valence-electron chi connectivity index (χ2n) is 6.26. The highest BCUT2D eigenvalue weighted by atomic mass is 16.6. The molecule has 0 amide bonds. The first kappa shape index (κ1) is 14.2. The first-order valence-corrected chi connectivity index (χ1v) is 8.14. The molecule has 0 aliphatic carbocycles. The Morgan fingerprint density at radius 2 is 2.04 bits per heavy atom. The van der Waals surface area contributed by atoms with Gasteiger partial charge in [-0.3, -0.25) is 10.1 Å². The Morgan fingerprint density at radius 1 is 1.17 bits per heavy atom. The van der Waals surface area contributed by atoms with E-state index in [2.05, 4.69) is 19.7 Å². The molecule has 7 heteroatoms. The number of fused-ring (bicyclic) bond motifs is 1. The van der Waals surface area contributed by atoms with Crippen LogP contribution in [0.15, 0.2) is 24.3 Å². The van der Waals surface area contributed by atoms with Crippen LogP contribution in [-0.2, 0) is 13.0 Å². The van der Waals surface area contributed by atoms with Crippen molar-refractivity contribution in [2.45, 2.75) is 38.1 Å². The zero-order valence-corrected chi connectivity index (χ0v) is 12.9. The van der Waals surface area contributed by atoms with Crippen molar-refractivity contribution in [3.63, 3.8) is 0 Å². The summed E-state index contributed by atoms with van der Waals surface area (Å²) < 4.78 is 2.24. The summed E-state index contributed by atoms with van der Waals surface area (Å²) in [7, 11) is 0. The average molecular weight is 313 g/mol. The van der Waals surface area contributed by atoms with Gasteiger partial charge in [-0.15, -0.1) is 10.2 Å². The molecular weight excluding hydrogens is 294 g/mol. The van der Waals surface area contributed by atoms with Crippen LogP contribution in [0.4, 0.5) is 11.4 Å². The van der Waals surface area contributed by atoms with E-state index in [0.717, 1.165) is 57.0 Å². The Bertz CT molecular complexity index is 742. The lowest BCUT2D eigenvalue weighted by atomic mass is 9.96. The van der Waals surface area contributed by atoms with Gasteiger partial charge >= 0.3 is 0 Å². The van der Waals surface area contributed by atoms with Crippen molar-refractivity contribution >= 4 is 11.4 Å². The number of anilines is 1. The number of nitrogens with zero attached hydrogens (tertiary/aromatic N) is 5. The van der Waals surface area contributed by atoms with E-state index in [1.165, 1.54) is 0 Å². The fourth-order valence-corrected chi connectivity index (χ4v) is 3.77. The molecule has 3 heterocycles. The number of nitro benzene ring substituents is 1. The zero-order valence-electron chi connectivity index (χ0n) is 12.9. The molecule has 0 bridgehead atoms. The SMILES string of the molecule is O=[N+]([O-])c1ccccc1N1CCCC(c2nnc3n2CCC3)C1. The predicted octanol–water partition coefficient (Wildman–Crippen LogP) is 2.52. The molecule has 0 N–H and O–H groups in total. The van der Waals surface area contributed by atoms with E-state index in [9.17, 15) is 10.1 Å². The maximum Gasteiger partial charge on any atom is 0.292 e. The average Bonchev–Trinajstić information content (AvgIpc) is 3.18. The molecular formula is C16H19N5O2. The summed E-state index contributed by atoms with van der Waals surface area (Å²) in [5.74, 6) is 2.44. The summed E-state index contributed by atoms with van der Waals surface area (Å²) in [5.41, 5.74) is 0.892. The molecule has 1 fully saturated rings. The molecule has 0 saturated carbocycles. The number of para-hydroxylation sites is 2. The Balaban J connectivity index is 1.61. The molecule has 2 aliphatic heterocycles. The highest BCUT2D eigenvalue weighted by Gasteiger charge is 2.30. The standard InChI is InChI=1S/C16H19N5O2/c22-21(23)14-7-2-1-6-13(14)19-9-3-5-12(11-19)16-18-17-15-8-4-10-20(15)16/h1-2,6-7,12H,3-5,8-11H2. The molecule has 0 spiro atoms. The van der Waals surface area contributed by atoms with Gasteiger partial charge in [-0.05, 0) is 25.3 Å². The van der Waals surface area contributed by atoms with Crippen molar-refractivity contribution in [3.05, 3.63) is 46.0 Å². The van der Waals surface area contributed by atoms with E-state index in [-0.39, 0.29) is 10.6 Å². The Labute approximate surface area is 134 Å². The molecule has 120 valence electrons. The van der Waals surface area contributed by atoms with Crippen molar-refractivity contribution < 1.29 is 4.92 Å². The lowest BCUT2D eigenvalue weighted by Crippen LogP contribution is -2.35. The topological polar surface area (TPSA) is 77.1 Å². The van der Waals surface area contributed by atoms with Crippen LogP contribution in [-0.4, -0.2) is 32.8 Å². The number of nitro groups is 1. The van der Waals surface area contributed by atoms with Crippen LogP contribution in [0.25, 0.3) is 0 Å². The summed E-state index contributed by atoms with van der Waals surface area (Å²) in [6.07, 6.45) is 4.22. The molecule has 7 nitrogen and oxygen atoms in total. The van der Waals surface area contributed by atoms with Crippen LogP contribution < -0.4 is 4.90 Å². The number of benzene rings is 1. The van der Waals surface area contributed by atoms with E-state index < -0.39 is 0 Å². The van der Waals surface area contributed by atoms with E-state index in [1.807, 2.05) is 12.1 Å². The van der Waals surface area contributed by atoms with Crippen LogP contribution in [0.5, 0.6) is 0 Å². The van der Waals surface area contributed by atoms with Crippen molar-refractivity contribution in [1.29, 1.82) is 0 Å². The van der Waals surface area contributed by atoms with Crippen molar-refractivity contribution in [1.82, 2.24) is 14.8 Å². The molecule has 2 aromatic rings. The molecule has 0 radical (unpaired) electrons. The van der Waals surface area contributed by atoms with Crippen molar-refractivity contribution in [3.8, 4) is 0 Å². The zero-order chi connectivity index (χ0) is 15.8. The van der Waals surface area contributed by atoms with Crippen LogP contribution in [0.3, 0.4) is 0 Å². The third-order valence-corrected chi connectivity index (χ3v) is 4.84. The van der Waals surface area contributed by atoms with Gasteiger partial charge in [0.2, 0.25) is 0 Å². The van der Waals surface area contributed by atoms with Crippen molar-refractivity contribution in [2.24, 2.45) is 0 Å². The number of aryl methyl sites for hydroxylation is 1. The smallest absolute Gasteiger partial charge is 0.292 e. The number of aromatic nitrogens is 3. The lowest BCUT2D eigenvalue weighted by molar-refractivity contribution is -0.384. The molecule has 23 heavy (non-hydrogen) atoms. The number of hydrogen-bond acceptors (Lipinski definition) is 5. The Morgan fingerprint density at radius 3 is 2.91 bits per heavy atom. The summed E-state index contributed by atoms with van der Waals surface area (Å²) in [5, 5.41) is 20.0. The molecule has 1 aromatic carbocycles. The summed E-state index contributed by atoms with van der Waals surface area (Å²) in [4.78, 5) is 13.1. The highest BCUT2D eigenvalue weighted by Crippen LogP contribution is 2.34. The molecule has 1 atom stereocenters. The van der Waals surface area contributed by atoms with Gasteiger partial charge in [-0.2, -0.15) is 0 Å². The van der Waals surface area contributed by atoms with Crippen LogP contribution >= 0.6 is 0 Å². The van der Waals surface area contributed by atoms with E-state index in [1.54, 1.807) is 12.1 Å². The maximum atomic E-state index is 11.3. The fourth-order valence-electron chi connectivity index (χ4n) is 3.77. The molecule has 1 saturated heterocycles. The first-order valence-electron chi connectivity index (χ1n) is 8.14. The van der Waals surface area contributed by atoms with Crippen LogP contribution in [0.1, 0.15) is 36.8 Å². The van der Waals surface area contributed by atoms with Crippen molar-refractivity contribution in [2.75, 3.05) is 18.0 Å². The summed E-state index contributed by atoms with van der Waals surface area (Å²) >= 11 is 0. The monoisotopic (exact) mass is 313 g/mol. The lowest BCUT2D eigenvalue weighted by Gasteiger charge is -2.33. The van der Waals surface area contributed by atoms with E-state index in [4.69, 9.17) is 0 Å². The molecule has 1 aromatic heterocycles. The molecule has 1 unspecified atom stereocenters. The minimum atomic E-state index is -0.298. The third kappa shape index (κ3) is 2.46. The van der Waals surface area contributed by atoms with Gasteiger partial charge in [0, 0.05) is 38.0 Å². The number of piperidine rings is 1. The normalized spacial score (nSPS) is 20.5. The minimum absolute atomic E-state index is 0.180. The Kier molecular flexibility index (Phi) is 3.48. The quantitative estimate of drug-likeness (QED) is 0.643.